The second kappa shape index (κ2) is 10.5. The summed E-state index contributed by atoms with van der Waals surface area (Å²) in [4.78, 5) is 8.71. The molecule has 3 rings (SSSR count). The summed E-state index contributed by atoms with van der Waals surface area (Å²) in [5.41, 5.74) is 1.91. The van der Waals surface area contributed by atoms with Gasteiger partial charge in [-0.15, -0.1) is 0 Å². The molecule has 0 saturated heterocycles. The van der Waals surface area contributed by atoms with Gasteiger partial charge in [0.05, 0.1) is 13.7 Å². The zero-order valence-corrected chi connectivity index (χ0v) is 17.4. The molecule has 2 aromatic rings. The second-order valence-electron chi connectivity index (χ2n) is 6.88. The van der Waals surface area contributed by atoms with Gasteiger partial charge >= 0.3 is 0 Å². The van der Waals surface area contributed by atoms with Crippen LogP contribution in [0, 0.1) is 0 Å². The molecule has 1 aliphatic carbocycles. The van der Waals surface area contributed by atoms with Crippen molar-refractivity contribution in [2.75, 3.05) is 26.1 Å². The first-order valence-electron chi connectivity index (χ1n) is 10.1. The van der Waals surface area contributed by atoms with Crippen LogP contribution < -0.4 is 24.8 Å². The molecule has 1 aromatic heterocycles. The maximum absolute atomic E-state index is 5.92. The first-order chi connectivity index (χ1) is 14.2. The van der Waals surface area contributed by atoms with Crippen molar-refractivity contribution >= 4 is 11.6 Å². The molecule has 1 saturated carbocycles. The minimum absolute atomic E-state index is 0.320. The largest absolute Gasteiger partial charge is 0.493 e. The number of pyridine rings is 1. The smallest absolute Gasteiger partial charge is 0.213 e. The normalized spacial score (nSPS) is 14.5. The van der Waals surface area contributed by atoms with Crippen LogP contribution in [-0.2, 0) is 6.54 Å². The third kappa shape index (κ3) is 6.01. The molecule has 0 unspecified atom stereocenters. The zero-order chi connectivity index (χ0) is 20.5. The fourth-order valence-corrected chi connectivity index (χ4v) is 3.29. The van der Waals surface area contributed by atoms with Crippen molar-refractivity contribution in [1.82, 2.24) is 10.3 Å². The minimum Gasteiger partial charge on any atom is -0.493 e. The van der Waals surface area contributed by atoms with E-state index in [2.05, 4.69) is 20.6 Å². The van der Waals surface area contributed by atoms with E-state index in [9.17, 15) is 0 Å². The van der Waals surface area contributed by atoms with Crippen molar-refractivity contribution in [2.45, 2.75) is 45.3 Å². The van der Waals surface area contributed by atoms with E-state index < -0.39 is 0 Å². The van der Waals surface area contributed by atoms with Crippen molar-refractivity contribution in [1.29, 1.82) is 0 Å². The van der Waals surface area contributed by atoms with Crippen LogP contribution in [0.4, 0.5) is 5.69 Å². The van der Waals surface area contributed by atoms with Crippen LogP contribution in [-0.4, -0.2) is 37.8 Å². The van der Waals surface area contributed by atoms with Gasteiger partial charge in [0.2, 0.25) is 5.88 Å². The molecule has 1 aliphatic rings. The highest BCUT2D eigenvalue weighted by atomic mass is 16.5. The summed E-state index contributed by atoms with van der Waals surface area (Å²) < 4.78 is 16.9. The van der Waals surface area contributed by atoms with Gasteiger partial charge in [-0.25, -0.2) is 4.98 Å². The Kier molecular flexibility index (Phi) is 7.55. The average Bonchev–Trinajstić information content (AvgIpc) is 3.25. The quantitative estimate of drug-likeness (QED) is 0.517. The lowest BCUT2D eigenvalue weighted by atomic mass is 10.2. The Labute approximate surface area is 172 Å². The average molecular weight is 399 g/mol. The molecule has 29 heavy (non-hydrogen) atoms. The molecule has 0 bridgehead atoms. The van der Waals surface area contributed by atoms with E-state index in [0.717, 1.165) is 24.1 Å². The summed E-state index contributed by atoms with van der Waals surface area (Å²) in [6.45, 7) is 3.11. The molecule has 7 nitrogen and oxygen atoms in total. The molecule has 0 spiro atoms. The Bertz CT molecular complexity index is 802. The predicted molar refractivity (Wildman–Crippen MR) is 115 cm³/mol. The highest BCUT2D eigenvalue weighted by Gasteiger charge is 2.16. The maximum atomic E-state index is 5.92. The number of rotatable bonds is 8. The molecular formula is C22H30N4O3. The molecule has 7 heteroatoms. The van der Waals surface area contributed by atoms with Gasteiger partial charge in [-0.1, -0.05) is 6.07 Å². The highest BCUT2D eigenvalue weighted by molar-refractivity contribution is 5.93. The fraction of sp³-hybridized carbons (Fsp3) is 0.455. The highest BCUT2D eigenvalue weighted by Crippen LogP contribution is 2.30. The van der Waals surface area contributed by atoms with Gasteiger partial charge in [0.1, 0.15) is 6.10 Å². The van der Waals surface area contributed by atoms with Gasteiger partial charge in [-0.3, -0.25) is 4.99 Å². The van der Waals surface area contributed by atoms with E-state index in [4.69, 9.17) is 14.2 Å². The molecule has 156 valence electrons. The molecule has 0 aliphatic heterocycles. The van der Waals surface area contributed by atoms with E-state index in [1.54, 1.807) is 14.2 Å². The van der Waals surface area contributed by atoms with Crippen molar-refractivity contribution in [2.24, 2.45) is 4.99 Å². The summed E-state index contributed by atoms with van der Waals surface area (Å²) in [6, 6.07) is 9.64. The van der Waals surface area contributed by atoms with Crippen LogP contribution in [0.25, 0.3) is 0 Å². The van der Waals surface area contributed by atoms with Gasteiger partial charge < -0.3 is 24.8 Å². The first-order valence-corrected chi connectivity index (χ1v) is 10.1. The number of aromatic nitrogens is 1. The summed E-state index contributed by atoms with van der Waals surface area (Å²) in [5, 5.41) is 6.56. The number of methoxy groups -OCH3 is 1. The number of ether oxygens (including phenoxy) is 3. The SMILES string of the molecule is CCOc1cc(NC(=NC)NCc2ccc(OC3CCCC3)nc2)ccc1OC. The molecule has 2 N–H and O–H groups in total. The summed E-state index contributed by atoms with van der Waals surface area (Å²) in [5.74, 6) is 2.75. The standard InChI is InChI=1S/C22H30N4O3/c1-4-28-20-13-17(10-11-19(20)27-3)26-22(23-2)25-15-16-9-12-21(24-14-16)29-18-7-5-6-8-18/h9-14,18H,4-8,15H2,1-3H3,(H2,23,25,26). The van der Waals surface area contributed by atoms with Crippen LogP contribution in [0.5, 0.6) is 17.4 Å². The summed E-state index contributed by atoms with van der Waals surface area (Å²) >= 11 is 0. The Hall–Kier alpha value is -2.96. The van der Waals surface area contributed by atoms with Crippen molar-refractivity contribution < 1.29 is 14.2 Å². The topological polar surface area (TPSA) is 77.0 Å². The van der Waals surface area contributed by atoms with Crippen LogP contribution in [0.1, 0.15) is 38.2 Å². The molecule has 0 atom stereocenters. The Balaban J connectivity index is 1.54. The zero-order valence-electron chi connectivity index (χ0n) is 17.4. The number of hydrogen-bond acceptors (Lipinski definition) is 5. The monoisotopic (exact) mass is 398 g/mol. The second-order valence-corrected chi connectivity index (χ2v) is 6.88. The number of guanidine groups is 1. The van der Waals surface area contributed by atoms with Crippen LogP contribution in [0.15, 0.2) is 41.5 Å². The fourth-order valence-electron chi connectivity index (χ4n) is 3.29. The van der Waals surface area contributed by atoms with Gasteiger partial charge in [0.25, 0.3) is 0 Å². The number of nitrogens with one attached hydrogen (secondary N) is 2. The lowest BCUT2D eigenvalue weighted by Gasteiger charge is -2.15. The van der Waals surface area contributed by atoms with Gasteiger partial charge in [0.15, 0.2) is 17.5 Å². The van der Waals surface area contributed by atoms with E-state index in [1.807, 2.05) is 43.5 Å². The number of hydrogen-bond donors (Lipinski definition) is 2. The Morgan fingerprint density at radius 3 is 2.66 bits per heavy atom. The van der Waals surface area contributed by atoms with Crippen molar-refractivity contribution in [3.63, 3.8) is 0 Å². The van der Waals surface area contributed by atoms with E-state index in [0.29, 0.717) is 42.6 Å². The molecule has 1 heterocycles. The lowest BCUT2D eigenvalue weighted by molar-refractivity contribution is 0.201. The van der Waals surface area contributed by atoms with Gasteiger partial charge in [-0.05, 0) is 50.3 Å². The summed E-state index contributed by atoms with van der Waals surface area (Å²) in [6.07, 6.45) is 6.91. The molecule has 1 fully saturated rings. The third-order valence-corrected chi connectivity index (χ3v) is 4.80. The Morgan fingerprint density at radius 1 is 1.17 bits per heavy atom. The van der Waals surface area contributed by atoms with E-state index >= 15 is 0 Å². The summed E-state index contributed by atoms with van der Waals surface area (Å²) in [7, 11) is 3.36. The van der Waals surface area contributed by atoms with E-state index in [-0.39, 0.29) is 0 Å². The first kappa shape index (κ1) is 20.8. The molecule has 0 amide bonds. The van der Waals surface area contributed by atoms with Gasteiger partial charge in [0, 0.05) is 37.6 Å². The van der Waals surface area contributed by atoms with Crippen molar-refractivity contribution in [3.8, 4) is 17.4 Å². The molecule has 0 radical (unpaired) electrons. The number of aliphatic imine (C=N–C) groups is 1. The van der Waals surface area contributed by atoms with Crippen LogP contribution >= 0.6 is 0 Å². The lowest BCUT2D eigenvalue weighted by Crippen LogP contribution is -2.30. The molecule has 1 aromatic carbocycles. The number of nitrogens with zero attached hydrogens (tertiary/aromatic N) is 2. The molecular weight excluding hydrogens is 368 g/mol. The van der Waals surface area contributed by atoms with Crippen LogP contribution in [0.3, 0.4) is 0 Å². The number of benzene rings is 1. The predicted octanol–water partition coefficient (Wildman–Crippen LogP) is 4.00. The maximum Gasteiger partial charge on any atom is 0.213 e. The van der Waals surface area contributed by atoms with Crippen molar-refractivity contribution in [3.05, 3.63) is 42.1 Å². The van der Waals surface area contributed by atoms with Gasteiger partial charge in [-0.2, -0.15) is 0 Å². The Morgan fingerprint density at radius 2 is 2.00 bits per heavy atom. The van der Waals surface area contributed by atoms with Crippen LogP contribution in [0.2, 0.25) is 0 Å². The minimum atomic E-state index is 0.320. The third-order valence-electron chi connectivity index (χ3n) is 4.80. The number of anilines is 1. The van der Waals surface area contributed by atoms with E-state index in [1.165, 1.54) is 12.8 Å².